The minimum atomic E-state index is 1.04. The van der Waals surface area contributed by atoms with Crippen LogP contribution in [0, 0.1) is 0 Å². The van der Waals surface area contributed by atoms with Gasteiger partial charge in [-0.15, -0.1) is 11.3 Å². The van der Waals surface area contributed by atoms with Gasteiger partial charge in [0.25, 0.3) is 0 Å². The van der Waals surface area contributed by atoms with Crippen LogP contribution in [-0.4, -0.2) is 34.1 Å². The average molecular weight is 402 g/mol. The van der Waals surface area contributed by atoms with Gasteiger partial charge in [0.2, 0.25) is 0 Å². The molecule has 1 saturated heterocycles. The first-order chi connectivity index (χ1) is 14.4. The maximum Gasteiger partial charge on any atom is 0.101 e. The van der Waals surface area contributed by atoms with Crippen molar-refractivity contribution in [1.82, 2.24) is 14.5 Å². The van der Waals surface area contributed by atoms with Gasteiger partial charge in [0.05, 0.1) is 11.0 Å². The van der Waals surface area contributed by atoms with Gasteiger partial charge in [-0.25, -0.2) is 4.98 Å². The lowest BCUT2D eigenvalue weighted by molar-refractivity contribution is 0.226. The lowest BCUT2D eigenvalue weighted by Gasteiger charge is -2.26. The summed E-state index contributed by atoms with van der Waals surface area (Å²) in [5.74, 6) is 0. The summed E-state index contributed by atoms with van der Waals surface area (Å²) in [5.41, 5.74) is 6.13. The predicted molar refractivity (Wildman–Crippen MR) is 123 cm³/mol. The first-order valence-electron chi connectivity index (χ1n) is 10.7. The SMILES string of the molecule is c1csc(-n2cnc3cc(-c4ccc(CCCN5CCCCC5)cc4)ccc32)c1. The van der Waals surface area contributed by atoms with E-state index in [1.165, 1.54) is 73.4 Å². The first-order valence-corrected chi connectivity index (χ1v) is 11.6. The number of fused-ring (bicyclic) bond motifs is 1. The topological polar surface area (TPSA) is 21.1 Å². The van der Waals surface area contributed by atoms with Crippen LogP contribution in [0.25, 0.3) is 27.2 Å². The fourth-order valence-corrected chi connectivity index (χ4v) is 5.04. The Bertz CT molecular complexity index is 1060. The zero-order valence-electron chi connectivity index (χ0n) is 16.8. The number of imidazole rings is 1. The molecule has 0 N–H and O–H groups in total. The Morgan fingerprint density at radius 3 is 2.52 bits per heavy atom. The molecule has 2 aromatic heterocycles. The normalized spacial score (nSPS) is 15.2. The number of hydrogen-bond donors (Lipinski definition) is 0. The van der Waals surface area contributed by atoms with Crippen LogP contribution < -0.4 is 0 Å². The van der Waals surface area contributed by atoms with Gasteiger partial charge >= 0.3 is 0 Å². The number of piperidine rings is 1. The molecule has 0 unspecified atom stereocenters. The largest absolute Gasteiger partial charge is 0.303 e. The Balaban J connectivity index is 1.26. The van der Waals surface area contributed by atoms with Crippen LogP contribution in [0.5, 0.6) is 0 Å². The molecule has 1 aliphatic heterocycles. The smallest absolute Gasteiger partial charge is 0.101 e. The summed E-state index contributed by atoms with van der Waals surface area (Å²) in [7, 11) is 0. The third-order valence-electron chi connectivity index (χ3n) is 5.97. The van der Waals surface area contributed by atoms with E-state index in [-0.39, 0.29) is 0 Å². The molecule has 1 aliphatic rings. The Morgan fingerprint density at radius 1 is 0.897 bits per heavy atom. The molecule has 5 rings (SSSR count). The van der Waals surface area contributed by atoms with E-state index < -0.39 is 0 Å². The summed E-state index contributed by atoms with van der Waals surface area (Å²) in [6, 6.07) is 19.9. The lowest BCUT2D eigenvalue weighted by atomic mass is 10.0. The molecule has 0 saturated carbocycles. The van der Waals surface area contributed by atoms with Crippen LogP contribution in [0.15, 0.2) is 66.3 Å². The van der Waals surface area contributed by atoms with Crippen molar-refractivity contribution in [2.24, 2.45) is 0 Å². The van der Waals surface area contributed by atoms with Crippen molar-refractivity contribution in [2.75, 3.05) is 19.6 Å². The first kappa shape index (κ1) is 18.6. The molecule has 0 amide bonds. The zero-order chi connectivity index (χ0) is 19.5. The number of rotatable bonds is 6. The fraction of sp³-hybridized carbons (Fsp3) is 0.320. The molecule has 148 valence electrons. The number of thiophene rings is 1. The van der Waals surface area contributed by atoms with Crippen LogP contribution in [0.1, 0.15) is 31.2 Å². The van der Waals surface area contributed by atoms with E-state index in [9.17, 15) is 0 Å². The second-order valence-electron chi connectivity index (χ2n) is 7.97. The Morgan fingerprint density at radius 2 is 1.72 bits per heavy atom. The molecule has 0 spiro atoms. The van der Waals surface area contributed by atoms with Crippen molar-refractivity contribution in [3.63, 3.8) is 0 Å². The van der Waals surface area contributed by atoms with Gasteiger partial charge in [0, 0.05) is 0 Å². The summed E-state index contributed by atoms with van der Waals surface area (Å²) in [6.07, 6.45) is 8.52. The predicted octanol–water partition coefficient (Wildman–Crippen LogP) is 6.17. The molecule has 0 radical (unpaired) electrons. The Hall–Kier alpha value is -2.43. The number of hydrogen-bond acceptors (Lipinski definition) is 3. The third-order valence-corrected chi connectivity index (χ3v) is 6.83. The quantitative estimate of drug-likeness (QED) is 0.385. The summed E-state index contributed by atoms with van der Waals surface area (Å²) in [6.45, 7) is 3.83. The standard InChI is InChI=1S/C25H27N3S/c1-2-14-27(15-3-1)16-4-6-20-8-10-21(11-9-20)22-12-13-24-23(18-22)26-19-28(24)25-7-5-17-29-25/h5,7-13,17-19H,1-4,6,14-16H2. The van der Waals surface area contributed by atoms with Crippen molar-refractivity contribution in [3.8, 4) is 16.1 Å². The van der Waals surface area contributed by atoms with Crippen molar-refractivity contribution < 1.29 is 0 Å². The van der Waals surface area contributed by atoms with E-state index in [4.69, 9.17) is 0 Å². The van der Waals surface area contributed by atoms with Gasteiger partial charge in [-0.3, -0.25) is 4.57 Å². The van der Waals surface area contributed by atoms with Crippen molar-refractivity contribution in [3.05, 3.63) is 71.9 Å². The number of nitrogens with zero attached hydrogens (tertiary/aromatic N) is 3. The number of aryl methyl sites for hydroxylation is 1. The summed E-state index contributed by atoms with van der Waals surface area (Å²) in [5, 5.41) is 3.30. The molecule has 2 aromatic carbocycles. The van der Waals surface area contributed by atoms with Gasteiger partial charge in [-0.05, 0) is 91.7 Å². The van der Waals surface area contributed by atoms with Gasteiger partial charge in [-0.1, -0.05) is 36.8 Å². The highest BCUT2D eigenvalue weighted by atomic mass is 32.1. The van der Waals surface area contributed by atoms with E-state index in [0.717, 1.165) is 11.0 Å². The second kappa shape index (κ2) is 8.52. The van der Waals surface area contributed by atoms with E-state index >= 15 is 0 Å². The van der Waals surface area contributed by atoms with Crippen molar-refractivity contribution in [2.45, 2.75) is 32.1 Å². The van der Waals surface area contributed by atoms with E-state index in [0.29, 0.717) is 0 Å². The molecule has 0 atom stereocenters. The second-order valence-corrected chi connectivity index (χ2v) is 8.90. The van der Waals surface area contributed by atoms with Crippen molar-refractivity contribution in [1.29, 1.82) is 0 Å². The molecular weight excluding hydrogens is 374 g/mol. The molecular formula is C25H27N3S. The molecule has 3 nitrogen and oxygen atoms in total. The van der Waals surface area contributed by atoms with Gasteiger partial charge < -0.3 is 4.90 Å². The highest BCUT2D eigenvalue weighted by molar-refractivity contribution is 7.12. The summed E-state index contributed by atoms with van der Waals surface area (Å²) >= 11 is 1.73. The van der Waals surface area contributed by atoms with E-state index in [1.54, 1.807) is 11.3 Å². The van der Waals surface area contributed by atoms with Crippen LogP contribution in [-0.2, 0) is 6.42 Å². The zero-order valence-corrected chi connectivity index (χ0v) is 17.6. The highest BCUT2D eigenvalue weighted by Gasteiger charge is 2.10. The maximum atomic E-state index is 4.63. The molecule has 0 bridgehead atoms. The highest BCUT2D eigenvalue weighted by Crippen LogP contribution is 2.27. The van der Waals surface area contributed by atoms with Crippen molar-refractivity contribution >= 4 is 22.4 Å². The van der Waals surface area contributed by atoms with Gasteiger partial charge in [0.15, 0.2) is 0 Å². The lowest BCUT2D eigenvalue weighted by Crippen LogP contribution is -2.30. The van der Waals surface area contributed by atoms with Crippen LogP contribution in [0.3, 0.4) is 0 Å². The molecule has 3 heterocycles. The van der Waals surface area contributed by atoms with Gasteiger partial charge in [0.1, 0.15) is 11.3 Å². The molecule has 1 fully saturated rings. The van der Waals surface area contributed by atoms with Crippen LogP contribution >= 0.6 is 11.3 Å². The van der Waals surface area contributed by atoms with Crippen LogP contribution in [0.2, 0.25) is 0 Å². The average Bonchev–Trinajstić information content (AvgIpc) is 3.44. The van der Waals surface area contributed by atoms with E-state index in [1.807, 2.05) is 6.33 Å². The van der Waals surface area contributed by atoms with Crippen LogP contribution in [0.4, 0.5) is 0 Å². The third kappa shape index (κ3) is 4.14. The number of benzene rings is 2. The Labute approximate surface area is 176 Å². The molecule has 4 aromatic rings. The monoisotopic (exact) mass is 401 g/mol. The minimum absolute atomic E-state index is 1.04. The maximum absolute atomic E-state index is 4.63. The molecule has 29 heavy (non-hydrogen) atoms. The van der Waals surface area contributed by atoms with Gasteiger partial charge in [-0.2, -0.15) is 0 Å². The Kier molecular flexibility index (Phi) is 5.46. The summed E-state index contributed by atoms with van der Waals surface area (Å²) < 4.78 is 2.16. The number of likely N-dealkylation sites (tertiary alicyclic amines) is 1. The minimum Gasteiger partial charge on any atom is -0.303 e. The summed E-state index contributed by atoms with van der Waals surface area (Å²) in [4.78, 5) is 7.26. The molecule has 4 heteroatoms. The number of aromatic nitrogens is 2. The fourth-order valence-electron chi connectivity index (χ4n) is 4.33. The van der Waals surface area contributed by atoms with E-state index in [2.05, 4.69) is 74.4 Å². The molecule has 0 aliphatic carbocycles.